The predicted octanol–water partition coefficient (Wildman–Crippen LogP) is 2.93. The summed E-state index contributed by atoms with van der Waals surface area (Å²) < 4.78 is 31.6. The zero-order valence-electron chi connectivity index (χ0n) is 16.5. The third-order valence-electron chi connectivity index (χ3n) is 8.61. The van der Waals surface area contributed by atoms with Crippen LogP contribution in [0.4, 0.5) is 8.78 Å². The van der Waals surface area contributed by atoms with Crippen molar-refractivity contribution in [3.05, 3.63) is 23.6 Å². The maximum atomic E-state index is 16.9. The molecule has 5 nitrogen and oxygen atoms in total. The minimum atomic E-state index is -2.35. The number of hydrogen-bond acceptors (Lipinski definition) is 4. The Morgan fingerprint density at radius 2 is 1.90 bits per heavy atom. The highest BCUT2D eigenvalue weighted by atomic mass is 35.5. The van der Waals surface area contributed by atoms with Crippen LogP contribution in [0.2, 0.25) is 0 Å². The van der Waals surface area contributed by atoms with E-state index in [1.807, 2.05) is 0 Å². The number of carbonyl (C=O) groups excluding carboxylic acids is 1. The summed E-state index contributed by atoms with van der Waals surface area (Å²) in [6.07, 6.45) is 0.473. The molecular formula is C21H25ClF2O5. The average Bonchev–Trinajstić information content (AvgIpc) is 2.83. The molecule has 0 spiro atoms. The molecule has 0 aromatic carbocycles. The van der Waals surface area contributed by atoms with Crippen molar-refractivity contribution in [3.8, 4) is 0 Å². The maximum absolute atomic E-state index is 16.9. The van der Waals surface area contributed by atoms with E-state index in [-0.39, 0.29) is 24.8 Å². The minimum Gasteiger partial charge on any atom is -0.479 e. The number of alkyl halides is 2. The van der Waals surface area contributed by atoms with Crippen LogP contribution in [0, 0.1) is 28.6 Å². The third-order valence-corrected chi connectivity index (χ3v) is 9.01. The fourth-order valence-corrected chi connectivity index (χ4v) is 7.60. The molecule has 4 aliphatic carbocycles. The van der Waals surface area contributed by atoms with Crippen molar-refractivity contribution in [2.45, 2.75) is 62.8 Å². The first-order valence-electron chi connectivity index (χ1n) is 9.87. The van der Waals surface area contributed by atoms with Crippen LogP contribution < -0.4 is 0 Å². The van der Waals surface area contributed by atoms with E-state index in [2.05, 4.69) is 0 Å². The van der Waals surface area contributed by atoms with E-state index < -0.39 is 68.9 Å². The Bertz CT molecular complexity index is 873. The summed E-state index contributed by atoms with van der Waals surface area (Å²) in [7, 11) is 0. The number of aliphatic hydroxyl groups is 2. The average molecular weight is 431 g/mol. The number of carboxylic acid groups (broad SMARTS) is 1. The van der Waals surface area contributed by atoms with Crippen LogP contribution in [0.5, 0.6) is 0 Å². The van der Waals surface area contributed by atoms with Gasteiger partial charge >= 0.3 is 5.97 Å². The van der Waals surface area contributed by atoms with Gasteiger partial charge in [0, 0.05) is 22.3 Å². The first kappa shape index (κ1) is 20.9. The summed E-state index contributed by atoms with van der Waals surface area (Å²) >= 11 is 6.46. The molecule has 3 saturated carbocycles. The van der Waals surface area contributed by atoms with Crippen molar-refractivity contribution in [1.82, 2.24) is 0 Å². The lowest BCUT2D eigenvalue weighted by atomic mass is 9.44. The third kappa shape index (κ3) is 2.12. The molecule has 0 aromatic rings. The van der Waals surface area contributed by atoms with Crippen molar-refractivity contribution in [2.75, 3.05) is 0 Å². The van der Waals surface area contributed by atoms with Crippen molar-refractivity contribution in [2.24, 2.45) is 28.6 Å². The smallest absolute Gasteiger partial charge is 0.336 e. The van der Waals surface area contributed by atoms with E-state index in [9.17, 15) is 29.3 Å². The van der Waals surface area contributed by atoms with Crippen LogP contribution in [0.25, 0.3) is 0 Å². The minimum absolute atomic E-state index is 0.0583. The number of hydrogen-bond donors (Lipinski definition) is 3. The van der Waals surface area contributed by atoms with Gasteiger partial charge in [-0.05, 0) is 44.1 Å². The molecule has 4 rings (SSSR count). The van der Waals surface area contributed by atoms with E-state index in [1.165, 1.54) is 13.0 Å². The molecule has 160 valence electrons. The zero-order chi connectivity index (χ0) is 21.7. The number of fused-ring (bicyclic) bond motifs is 5. The standard InChI is InChI=1S/C21H25ClF2O5/c1-9-6-10-11-7-12(22)15-16(23)13(25)4-5-18(15,2)20(11,24)14(26)8-19(10,3)21(9,29)17(27)28/h4-5,9-12,14,26,29H,6-8H2,1-3H3,(H,27,28)/t9-,10+,11+,12+,14+,18+,19+,20+,21+/m1/s1. The van der Waals surface area contributed by atoms with Crippen molar-refractivity contribution >= 4 is 23.4 Å². The van der Waals surface area contributed by atoms with Gasteiger partial charge in [-0.15, -0.1) is 11.6 Å². The summed E-state index contributed by atoms with van der Waals surface area (Å²) in [4.78, 5) is 23.9. The number of ketones is 1. The lowest BCUT2D eigenvalue weighted by Crippen LogP contribution is -2.70. The highest BCUT2D eigenvalue weighted by molar-refractivity contribution is 6.23. The van der Waals surface area contributed by atoms with E-state index in [0.29, 0.717) is 0 Å². The zero-order valence-corrected chi connectivity index (χ0v) is 17.2. The van der Waals surface area contributed by atoms with Gasteiger partial charge in [0.15, 0.2) is 17.1 Å². The topological polar surface area (TPSA) is 94.8 Å². The lowest BCUT2D eigenvalue weighted by molar-refractivity contribution is -0.225. The number of halogens is 3. The quantitative estimate of drug-likeness (QED) is 0.556. The van der Waals surface area contributed by atoms with Gasteiger partial charge < -0.3 is 15.3 Å². The van der Waals surface area contributed by atoms with Gasteiger partial charge in [0.05, 0.1) is 11.5 Å². The molecule has 8 heteroatoms. The highest BCUT2D eigenvalue weighted by Crippen LogP contribution is 2.71. The molecule has 3 N–H and O–H groups in total. The summed E-state index contributed by atoms with van der Waals surface area (Å²) in [5, 5.41) is 31.0. The Morgan fingerprint density at radius 3 is 2.48 bits per heavy atom. The second-order valence-corrected chi connectivity index (χ2v) is 10.2. The SMILES string of the molecule is C[C@@H]1C[C@H]2[C@@H]3C[C@H](Cl)C4=C(F)C(=O)C=C[C@]4(C)[C@@]3(F)[C@@H](O)C[C@]2(C)[C@@]1(O)C(=O)O. The van der Waals surface area contributed by atoms with Crippen molar-refractivity contribution in [1.29, 1.82) is 0 Å². The summed E-state index contributed by atoms with van der Waals surface area (Å²) in [5.41, 5.74) is -7.56. The number of rotatable bonds is 1. The second-order valence-electron chi connectivity index (χ2n) is 9.66. The first-order valence-corrected chi connectivity index (χ1v) is 10.3. The van der Waals surface area contributed by atoms with Gasteiger partial charge in [0.1, 0.15) is 0 Å². The molecule has 3 fully saturated rings. The summed E-state index contributed by atoms with van der Waals surface area (Å²) in [6, 6.07) is 0. The van der Waals surface area contributed by atoms with Gasteiger partial charge in [-0.2, -0.15) is 0 Å². The van der Waals surface area contributed by atoms with Crippen molar-refractivity contribution < 1.29 is 33.7 Å². The predicted molar refractivity (Wildman–Crippen MR) is 101 cm³/mol. The number of carboxylic acids is 1. The molecule has 0 heterocycles. The van der Waals surface area contributed by atoms with E-state index in [1.54, 1.807) is 13.8 Å². The number of aliphatic carboxylic acids is 1. The molecular weight excluding hydrogens is 406 g/mol. The van der Waals surface area contributed by atoms with Crippen LogP contribution >= 0.6 is 11.6 Å². The second kappa shape index (κ2) is 5.89. The Balaban J connectivity index is 1.91. The van der Waals surface area contributed by atoms with Gasteiger partial charge in [0.25, 0.3) is 0 Å². The Morgan fingerprint density at radius 1 is 1.28 bits per heavy atom. The van der Waals surface area contributed by atoms with Crippen LogP contribution in [0.1, 0.15) is 40.0 Å². The molecule has 0 saturated heterocycles. The van der Waals surface area contributed by atoms with Crippen LogP contribution in [0.15, 0.2) is 23.6 Å². The highest BCUT2D eigenvalue weighted by Gasteiger charge is 2.77. The van der Waals surface area contributed by atoms with Crippen LogP contribution in [0.3, 0.4) is 0 Å². The molecule has 0 aliphatic heterocycles. The normalized spacial score (nSPS) is 54.1. The molecule has 0 amide bonds. The van der Waals surface area contributed by atoms with Gasteiger partial charge in [0.2, 0.25) is 5.78 Å². The molecule has 0 aromatic heterocycles. The summed E-state index contributed by atoms with van der Waals surface area (Å²) in [6.45, 7) is 4.62. The number of aliphatic hydroxyl groups excluding tert-OH is 1. The first-order chi connectivity index (χ1) is 13.3. The van der Waals surface area contributed by atoms with Crippen LogP contribution in [-0.2, 0) is 9.59 Å². The van der Waals surface area contributed by atoms with E-state index in [4.69, 9.17) is 11.6 Å². The molecule has 4 aliphatic rings. The van der Waals surface area contributed by atoms with E-state index in [0.717, 1.165) is 6.08 Å². The number of carbonyl (C=O) groups is 2. The Labute approximate surface area is 172 Å². The van der Waals surface area contributed by atoms with Crippen molar-refractivity contribution in [3.63, 3.8) is 0 Å². The lowest BCUT2D eigenvalue weighted by Gasteiger charge is -2.63. The van der Waals surface area contributed by atoms with Gasteiger partial charge in [-0.1, -0.05) is 19.9 Å². The van der Waals surface area contributed by atoms with Gasteiger partial charge in [-0.25, -0.2) is 13.6 Å². The van der Waals surface area contributed by atoms with Gasteiger partial charge in [-0.3, -0.25) is 4.79 Å². The monoisotopic (exact) mass is 430 g/mol. The fraction of sp³-hybridized carbons (Fsp3) is 0.714. The van der Waals surface area contributed by atoms with Crippen LogP contribution in [-0.4, -0.2) is 49.8 Å². The summed E-state index contributed by atoms with van der Waals surface area (Å²) in [5.74, 6) is -5.52. The Hall–Kier alpha value is -1.31. The Kier molecular flexibility index (Phi) is 4.25. The molecule has 0 unspecified atom stereocenters. The molecule has 9 atom stereocenters. The maximum Gasteiger partial charge on any atom is 0.336 e. The van der Waals surface area contributed by atoms with E-state index >= 15 is 4.39 Å². The largest absolute Gasteiger partial charge is 0.479 e. The molecule has 0 bridgehead atoms. The molecule has 29 heavy (non-hydrogen) atoms. The number of allylic oxidation sites excluding steroid dienone is 4. The fourth-order valence-electron chi connectivity index (χ4n) is 7.09. The molecule has 0 radical (unpaired) electrons.